The summed E-state index contributed by atoms with van der Waals surface area (Å²) in [5.74, 6) is 0. The van der Waals surface area contributed by atoms with Gasteiger partial charge in [0.1, 0.15) is 11.0 Å². The van der Waals surface area contributed by atoms with Gasteiger partial charge in [0.05, 0.1) is 0 Å². The summed E-state index contributed by atoms with van der Waals surface area (Å²) in [7, 11) is 0. The summed E-state index contributed by atoms with van der Waals surface area (Å²) in [6.45, 7) is 4.37. The molecule has 110 valence electrons. The van der Waals surface area contributed by atoms with Crippen LogP contribution in [0.25, 0.3) is 11.0 Å². The predicted octanol–water partition coefficient (Wildman–Crippen LogP) is 4.01. The lowest BCUT2D eigenvalue weighted by Gasteiger charge is -2.10. The maximum Gasteiger partial charge on any atom is 0.118 e. The zero-order valence-electron chi connectivity index (χ0n) is 12.7. The number of rotatable bonds is 8. The molecule has 1 heterocycles. The number of unbranched alkanes of at least 4 members (excludes halogenated alkanes) is 5. The first-order valence-corrected chi connectivity index (χ1v) is 7.88. The van der Waals surface area contributed by atoms with Crippen LogP contribution in [0.3, 0.4) is 0 Å². The van der Waals surface area contributed by atoms with E-state index in [9.17, 15) is 0 Å². The van der Waals surface area contributed by atoms with Gasteiger partial charge in [0.25, 0.3) is 0 Å². The van der Waals surface area contributed by atoms with Crippen LogP contribution < -0.4 is 5.73 Å². The van der Waals surface area contributed by atoms with Crippen LogP contribution in [0.2, 0.25) is 0 Å². The molecule has 0 spiro atoms. The Morgan fingerprint density at radius 2 is 1.80 bits per heavy atom. The lowest BCUT2D eigenvalue weighted by molar-refractivity contribution is 0.608. The SMILES string of the molecule is CCCCCCCCc1cc2n[nH]nc2c(CC)c1N. The third-order valence-corrected chi connectivity index (χ3v) is 4.00. The fraction of sp³-hybridized carbons (Fsp3) is 0.625. The van der Waals surface area contributed by atoms with Crippen molar-refractivity contribution in [2.75, 3.05) is 5.73 Å². The second-order valence-electron chi connectivity index (χ2n) is 5.49. The van der Waals surface area contributed by atoms with Crippen molar-refractivity contribution in [2.45, 2.75) is 65.2 Å². The minimum absolute atomic E-state index is 0.902. The fourth-order valence-electron chi connectivity index (χ4n) is 2.79. The Hall–Kier alpha value is -1.58. The van der Waals surface area contributed by atoms with Gasteiger partial charge in [0.15, 0.2) is 0 Å². The van der Waals surface area contributed by atoms with Crippen molar-refractivity contribution in [3.63, 3.8) is 0 Å². The van der Waals surface area contributed by atoms with Crippen molar-refractivity contribution in [1.82, 2.24) is 15.4 Å². The molecular formula is C16H26N4. The molecule has 3 N–H and O–H groups in total. The van der Waals surface area contributed by atoms with E-state index in [1.54, 1.807) is 0 Å². The third-order valence-electron chi connectivity index (χ3n) is 4.00. The van der Waals surface area contributed by atoms with Crippen LogP contribution in [-0.2, 0) is 12.8 Å². The van der Waals surface area contributed by atoms with Gasteiger partial charge in [-0.1, -0.05) is 46.0 Å². The van der Waals surface area contributed by atoms with E-state index in [-0.39, 0.29) is 0 Å². The van der Waals surface area contributed by atoms with E-state index in [0.717, 1.165) is 35.1 Å². The molecule has 0 aliphatic carbocycles. The molecule has 0 atom stereocenters. The minimum atomic E-state index is 0.902. The number of aromatic nitrogens is 3. The van der Waals surface area contributed by atoms with Crippen molar-refractivity contribution < 1.29 is 0 Å². The largest absolute Gasteiger partial charge is 0.398 e. The molecule has 0 amide bonds. The molecule has 0 saturated heterocycles. The van der Waals surface area contributed by atoms with Gasteiger partial charge in [-0.2, -0.15) is 15.4 Å². The van der Waals surface area contributed by atoms with Crippen LogP contribution >= 0.6 is 0 Å². The van der Waals surface area contributed by atoms with Crippen molar-refractivity contribution in [3.8, 4) is 0 Å². The quantitative estimate of drug-likeness (QED) is 0.564. The Kier molecular flexibility index (Phi) is 5.39. The summed E-state index contributed by atoms with van der Waals surface area (Å²) in [6.07, 6.45) is 9.79. The zero-order chi connectivity index (χ0) is 14.4. The monoisotopic (exact) mass is 274 g/mol. The van der Waals surface area contributed by atoms with E-state index in [1.165, 1.54) is 44.1 Å². The summed E-state index contributed by atoms with van der Waals surface area (Å²) < 4.78 is 0. The van der Waals surface area contributed by atoms with Gasteiger partial charge < -0.3 is 5.73 Å². The van der Waals surface area contributed by atoms with Gasteiger partial charge >= 0.3 is 0 Å². The summed E-state index contributed by atoms with van der Waals surface area (Å²) >= 11 is 0. The van der Waals surface area contributed by atoms with Crippen molar-refractivity contribution in [2.24, 2.45) is 0 Å². The number of aryl methyl sites for hydroxylation is 2. The average molecular weight is 274 g/mol. The van der Waals surface area contributed by atoms with Crippen LogP contribution in [0.1, 0.15) is 63.5 Å². The predicted molar refractivity (Wildman–Crippen MR) is 84.8 cm³/mol. The topological polar surface area (TPSA) is 67.6 Å². The van der Waals surface area contributed by atoms with Crippen LogP contribution in [0.15, 0.2) is 6.07 Å². The van der Waals surface area contributed by atoms with E-state index in [1.807, 2.05) is 0 Å². The van der Waals surface area contributed by atoms with Gasteiger partial charge in [-0.15, -0.1) is 0 Å². The molecule has 0 fully saturated rings. The normalized spacial score (nSPS) is 11.3. The van der Waals surface area contributed by atoms with Gasteiger partial charge in [-0.3, -0.25) is 0 Å². The summed E-state index contributed by atoms with van der Waals surface area (Å²) in [5.41, 5.74) is 11.5. The van der Waals surface area contributed by atoms with Gasteiger partial charge in [-0.25, -0.2) is 0 Å². The number of hydrogen-bond donors (Lipinski definition) is 2. The maximum absolute atomic E-state index is 6.30. The number of nitrogens with zero attached hydrogens (tertiary/aromatic N) is 2. The Morgan fingerprint density at radius 1 is 1.05 bits per heavy atom. The Balaban J connectivity index is 2.01. The lowest BCUT2D eigenvalue weighted by atomic mass is 9.98. The number of anilines is 1. The molecule has 2 rings (SSSR count). The summed E-state index contributed by atoms with van der Waals surface area (Å²) in [4.78, 5) is 0. The number of aromatic amines is 1. The fourth-order valence-corrected chi connectivity index (χ4v) is 2.79. The highest BCUT2D eigenvalue weighted by Gasteiger charge is 2.12. The van der Waals surface area contributed by atoms with Crippen molar-refractivity contribution in [1.29, 1.82) is 0 Å². The number of hydrogen-bond acceptors (Lipinski definition) is 3. The molecule has 4 heteroatoms. The standard InChI is InChI=1S/C16H26N4/c1-3-5-6-7-8-9-10-12-11-14-16(19-20-18-14)13(4-2)15(12)17/h11H,3-10,17H2,1-2H3,(H,18,19,20). The highest BCUT2D eigenvalue weighted by molar-refractivity contribution is 5.84. The first-order valence-electron chi connectivity index (χ1n) is 7.88. The number of benzene rings is 1. The van der Waals surface area contributed by atoms with Crippen LogP contribution in [0.5, 0.6) is 0 Å². The van der Waals surface area contributed by atoms with Crippen LogP contribution in [0.4, 0.5) is 5.69 Å². The average Bonchev–Trinajstić information content (AvgIpc) is 2.91. The summed E-state index contributed by atoms with van der Waals surface area (Å²) in [6, 6.07) is 2.10. The second-order valence-corrected chi connectivity index (χ2v) is 5.49. The Bertz CT molecular complexity index is 545. The molecule has 0 bridgehead atoms. The number of nitrogens with two attached hydrogens (primary N) is 1. The number of nitrogens with one attached hydrogen (secondary N) is 1. The van der Waals surface area contributed by atoms with Gasteiger partial charge in [-0.05, 0) is 30.9 Å². The molecule has 1 aromatic heterocycles. The summed E-state index contributed by atoms with van der Waals surface area (Å²) in [5, 5.41) is 11.1. The van der Waals surface area contributed by atoms with Crippen LogP contribution in [0, 0.1) is 0 Å². The first kappa shape index (κ1) is 14.8. The third kappa shape index (κ3) is 3.30. The molecule has 0 radical (unpaired) electrons. The molecule has 20 heavy (non-hydrogen) atoms. The molecular weight excluding hydrogens is 248 g/mol. The minimum Gasteiger partial charge on any atom is -0.398 e. The molecule has 0 aliphatic heterocycles. The van der Waals surface area contributed by atoms with Gasteiger partial charge in [0, 0.05) is 11.3 Å². The molecule has 2 aromatic rings. The van der Waals surface area contributed by atoms with E-state index >= 15 is 0 Å². The lowest BCUT2D eigenvalue weighted by Crippen LogP contribution is -2.01. The smallest absolute Gasteiger partial charge is 0.118 e. The van der Waals surface area contributed by atoms with E-state index in [0.29, 0.717) is 0 Å². The molecule has 0 unspecified atom stereocenters. The maximum atomic E-state index is 6.30. The van der Waals surface area contributed by atoms with E-state index in [4.69, 9.17) is 5.73 Å². The molecule has 1 aromatic carbocycles. The molecule has 0 aliphatic rings. The second kappa shape index (κ2) is 7.27. The molecule has 0 saturated carbocycles. The van der Waals surface area contributed by atoms with E-state index < -0.39 is 0 Å². The Morgan fingerprint density at radius 3 is 2.55 bits per heavy atom. The van der Waals surface area contributed by atoms with E-state index in [2.05, 4.69) is 35.3 Å². The van der Waals surface area contributed by atoms with Crippen molar-refractivity contribution in [3.05, 3.63) is 17.2 Å². The number of H-pyrrole nitrogens is 1. The number of nitrogen functional groups attached to an aromatic ring is 1. The molecule has 4 nitrogen and oxygen atoms in total. The van der Waals surface area contributed by atoms with Crippen LogP contribution in [-0.4, -0.2) is 15.4 Å². The first-order chi connectivity index (χ1) is 9.77. The van der Waals surface area contributed by atoms with Crippen molar-refractivity contribution >= 4 is 16.7 Å². The highest BCUT2D eigenvalue weighted by Crippen LogP contribution is 2.27. The zero-order valence-corrected chi connectivity index (χ0v) is 12.7. The Labute approximate surface area is 121 Å². The highest BCUT2D eigenvalue weighted by atomic mass is 15.3. The van der Waals surface area contributed by atoms with Gasteiger partial charge in [0.2, 0.25) is 0 Å². The number of fused-ring (bicyclic) bond motifs is 1.